The molecule has 4 rings (SSSR count). The third-order valence-corrected chi connectivity index (χ3v) is 7.75. The van der Waals surface area contributed by atoms with Crippen molar-refractivity contribution in [3.63, 3.8) is 0 Å². The molecule has 2 heterocycles. The molecule has 0 spiro atoms. The van der Waals surface area contributed by atoms with Crippen LogP contribution >= 0.6 is 0 Å². The molecule has 2 atom stereocenters. The van der Waals surface area contributed by atoms with Gasteiger partial charge >= 0.3 is 12.1 Å². The minimum Gasteiger partial charge on any atom is -0.492 e. The lowest BCUT2D eigenvalue weighted by atomic mass is 9.83. The van der Waals surface area contributed by atoms with Gasteiger partial charge in [-0.25, -0.2) is 18.2 Å². The fourth-order valence-electron chi connectivity index (χ4n) is 4.37. The van der Waals surface area contributed by atoms with Gasteiger partial charge in [-0.3, -0.25) is 0 Å². The van der Waals surface area contributed by atoms with E-state index >= 15 is 0 Å². The van der Waals surface area contributed by atoms with Crippen molar-refractivity contribution in [1.29, 1.82) is 0 Å². The maximum absolute atomic E-state index is 13.1. The minimum absolute atomic E-state index is 0.0234. The Balaban J connectivity index is 1.69. The number of aryl methyl sites for hydroxylation is 1. The molecule has 0 bridgehead atoms. The van der Waals surface area contributed by atoms with E-state index < -0.39 is 33.7 Å². The number of alkyl halides is 3. The van der Waals surface area contributed by atoms with E-state index in [2.05, 4.69) is 15.1 Å². The van der Waals surface area contributed by atoms with E-state index in [1.54, 1.807) is 12.1 Å². The van der Waals surface area contributed by atoms with E-state index in [4.69, 9.17) is 4.74 Å². The molecule has 1 aliphatic rings. The zero-order chi connectivity index (χ0) is 28.2. The predicted molar refractivity (Wildman–Crippen MR) is 135 cm³/mol. The lowest BCUT2D eigenvalue weighted by molar-refractivity contribution is -0.223. The first-order valence-electron chi connectivity index (χ1n) is 12.3. The summed E-state index contributed by atoms with van der Waals surface area (Å²) in [5, 5.41) is 2.93. The van der Waals surface area contributed by atoms with Crippen molar-refractivity contribution in [3.8, 4) is 5.75 Å². The molecule has 2 unspecified atom stereocenters. The number of halogens is 3. The van der Waals surface area contributed by atoms with Crippen molar-refractivity contribution in [2.45, 2.75) is 49.5 Å². The Kier molecular flexibility index (Phi) is 8.62. The van der Waals surface area contributed by atoms with Crippen LogP contribution in [0.25, 0.3) is 0 Å². The highest BCUT2D eigenvalue weighted by Crippen LogP contribution is 2.37. The minimum atomic E-state index is -5.40. The van der Waals surface area contributed by atoms with E-state index in [-0.39, 0.29) is 16.4 Å². The SMILES string of the molecule is CCCNC1COc2ccc(CN(OC(=O)C(F)(F)F)S(=O)(=O)c3cn(C)cn3)cc2C1Cc1ccccc1. The average Bonchev–Trinajstić information content (AvgIpc) is 3.35. The Morgan fingerprint density at radius 1 is 1.21 bits per heavy atom. The number of carbonyl (C=O) groups excluding carboxylic acids is 1. The fourth-order valence-corrected chi connectivity index (χ4v) is 5.54. The number of rotatable bonds is 10. The van der Waals surface area contributed by atoms with Crippen LogP contribution in [-0.2, 0) is 39.7 Å². The first kappa shape index (κ1) is 28.6. The molecule has 39 heavy (non-hydrogen) atoms. The van der Waals surface area contributed by atoms with Crippen LogP contribution in [0.5, 0.6) is 5.75 Å². The lowest BCUT2D eigenvalue weighted by Gasteiger charge is -2.35. The van der Waals surface area contributed by atoms with Crippen LogP contribution in [0.1, 0.15) is 36.0 Å². The van der Waals surface area contributed by atoms with Crippen LogP contribution in [0.2, 0.25) is 0 Å². The van der Waals surface area contributed by atoms with Crippen molar-refractivity contribution in [2.75, 3.05) is 13.2 Å². The van der Waals surface area contributed by atoms with Crippen LogP contribution in [0, 0.1) is 0 Å². The van der Waals surface area contributed by atoms with Gasteiger partial charge in [-0.05, 0) is 46.6 Å². The molecule has 0 saturated carbocycles. The molecule has 0 radical (unpaired) electrons. The maximum atomic E-state index is 13.1. The monoisotopic (exact) mass is 566 g/mol. The summed E-state index contributed by atoms with van der Waals surface area (Å²) in [6.45, 7) is 2.57. The van der Waals surface area contributed by atoms with Crippen LogP contribution in [0.3, 0.4) is 0 Å². The lowest BCUT2D eigenvalue weighted by Crippen LogP contribution is -2.44. The van der Waals surface area contributed by atoms with Crippen LogP contribution in [-0.4, -0.2) is 53.8 Å². The second kappa shape index (κ2) is 11.8. The number of nitrogens with one attached hydrogen (secondary N) is 1. The number of hydroxylamine groups is 1. The molecule has 3 aromatic rings. The van der Waals surface area contributed by atoms with Crippen molar-refractivity contribution >= 4 is 16.0 Å². The smallest absolute Gasteiger partial charge is 0.492 e. The summed E-state index contributed by atoms with van der Waals surface area (Å²) in [5.41, 5.74) is 2.16. The maximum Gasteiger partial charge on any atom is 0.492 e. The van der Waals surface area contributed by atoms with Gasteiger partial charge in [0.05, 0.1) is 12.9 Å². The first-order valence-corrected chi connectivity index (χ1v) is 13.8. The Morgan fingerprint density at radius 2 is 1.95 bits per heavy atom. The highest BCUT2D eigenvalue weighted by molar-refractivity contribution is 7.88. The number of aromatic nitrogens is 2. The van der Waals surface area contributed by atoms with E-state index in [9.17, 15) is 26.4 Å². The average molecular weight is 567 g/mol. The standard InChI is InChI=1S/C26H29F3N4O5S/c1-3-11-30-22-16-37-23-10-9-19(13-21(23)20(22)12-18-7-5-4-6-8-18)14-33(38-25(34)26(27,28)29)39(35,36)24-15-32(2)17-31-24/h4-10,13,15,17,20,22,30H,3,11-12,14,16H2,1-2H3. The molecule has 210 valence electrons. The quantitative estimate of drug-likeness (QED) is 0.373. The summed E-state index contributed by atoms with van der Waals surface area (Å²) < 4.78 is 72.7. The number of sulfonamides is 1. The number of ether oxygens (including phenoxy) is 1. The van der Waals surface area contributed by atoms with Crippen molar-refractivity contribution in [2.24, 2.45) is 7.05 Å². The molecule has 0 saturated heterocycles. The van der Waals surface area contributed by atoms with Crippen molar-refractivity contribution in [1.82, 2.24) is 19.3 Å². The molecule has 13 heteroatoms. The molecular weight excluding hydrogens is 537 g/mol. The number of nitrogens with zero attached hydrogens (tertiary/aromatic N) is 3. The molecule has 1 aliphatic heterocycles. The number of carbonyl (C=O) groups is 1. The van der Waals surface area contributed by atoms with Crippen molar-refractivity contribution in [3.05, 3.63) is 77.7 Å². The van der Waals surface area contributed by atoms with E-state index in [1.165, 1.54) is 24.0 Å². The highest BCUT2D eigenvalue weighted by Gasteiger charge is 2.45. The largest absolute Gasteiger partial charge is 0.492 e. The Labute approximate surface area is 224 Å². The molecule has 1 N–H and O–H groups in total. The number of hydrogen-bond acceptors (Lipinski definition) is 7. The van der Waals surface area contributed by atoms with Gasteiger partial charge in [0.2, 0.25) is 0 Å². The predicted octanol–water partition coefficient (Wildman–Crippen LogP) is 3.72. The van der Waals surface area contributed by atoms with Crippen molar-refractivity contribution < 1.29 is 36.0 Å². The molecular formula is C26H29F3N4O5S. The summed E-state index contributed by atoms with van der Waals surface area (Å²) in [4.78, 5) is 19.8. The zero-order valence-electron chi connectivity index (χ0n) is 21.4. The third-order valence-electron chi connectivity index (χ3n) is 6.27. The topological polar surface area (TPSA) is 103 Å². The van der Waals surface area contributed by atoms with Gasteiger partial charge in [0.25, 0.3) is 10.0 Å². The highest BCUT2D eigenvalue weighted by atomic mass is 32.2. The van der Waals surface area contributed by atoms with Gasteiger partial charge in [-0.1, -0.05) is 49.4 Å². The Bertz CT molecular complexity index is 1400. The summed E-state index contributed by atoms with van der Waals surface area (Å²) in [6.07, 6.45) is -1.57. The van der Waals surface area contributed by atoms with E-state index in [0.717, 1.165) is 30.3 Å². The number of imidazole rings is 1. The molecule has 0 fully saturated rings. The number of fused-ring (bicyclic) bond motifs is 1. The number of benzene rings is 2. The van der Waals surface area contributed by atoms with Gasteiger partial charge in [0.15, 0.2) is 5.03 Å². The summed E-state index contributed by atoms with van der Waals surface area (Å²) in [5.74, 6) is -2.13. The van der Waals surface area contributed by atoms with Gasteiger partial charge in [-0.15, -0.1) is 0 Å². The van der Waals surface area contributed by atoms with Gasteiger partial charge in [0, 0.05) is 25.2 Å². The summed E-state index contributed by atoms with van der Waals surface area (Å²) in [7, 11) is -3.23. The number of hydrogen-bond donors (Lipinski definition) is 1. The molecule has 0 aliphatic carbocycles. The molecule has 9 nitrogen and oxygen atoms in total. The van der Waals surface area contributed by atoms with Crippen LogP contribution in [0.15, 0.2) is 66.1 Å². The van der Waals surface area contributed by atoms with Gasteiger partial charge < -0.3 is 19.5 Å². The van der Waals surface area contributed by atoms with Crippen LogP contribution in [0.4, 0.5) is 13.2 Å². The van der Waals surface area contributed by atoms with E-state index in [0.29, 0.717) is 24.3 Å². The normalized spacial score (nSPS) is 17.5. The molecule has 1 aromatic heterocycles. The van der Waals surface area contributed by atoms with Crippen LogP contribution < -0.4 is 10.1 Å². The fraction of sp³-hybridized carbons (Fsp3) is 0.385. The van der Waals surface area contributed by atoms with Gasteiger partial charge in [0.1, 0.15) is 12.4 Å². The Hall–Kier alpha value is -3.42. The second-order valence-corrected chi connectivity index (χ2v) is 11.0. The second-order valence-electron chi connectivity index (χ2n) is 9.26. The summed E-state index contributed by atoms with van der Waals surface area (Å²) in [6, 6.07) is 14.6. The first-order chi connectivity index (χ1) is 18.5. The van der Waals surface area contributed by atoms with Gasteiger partial charge in [-0.2, -0.15) is 13.2 Å². The third kappa shape index (κ3) is 6.78. The summed E-state index contributed by atoms with van der Waals surface area (Å²) >= 11 is 0. The molecule has 2 aromatic carbocycles. The Morgan fingerprint density at radius 3 is 2.59 bits per heavy atom. The molecule has 0 amide bonds. The zero-order valence-corrected chi connectivity index (χ0v) is 22.2. The van der Waals surface area contributed by atoms with E-state index in [1.807, 2.05) is 37.3 Å².